The minimum Gasteiger partial charge on any atom is -0.462 e. The number of hydrogen-bond acceptors (Lipinski definition) is 15. The Morgan fingerprint density at radius 3 is 0.827 bits per heavy atom. The predicted molar refractivity (Wildman–Crippen MR) is 399 cm³/mol. The molecule has 98 heavy (non-hydrogen) atoms. The average molecular weight is 1420 g/mol. The van der Waals surface area contributed by atoms with E-state index in [1.54, 1.807) is 0 Å². The number of aliphatic hydroxyl groups excluding tert-OH is 1. The zero-order valence-electron chi connectivity index (χ0n) is 62.0. The Labute approximate surface area is 595 Å². The van der Waals surface area contributed by atoms with Gasteiger partial charge in [-0.15, -0.1) is 0 Å². The summed E-state index contributed by atoms with van der Waals surface area (Å²) in [5, 5.41) is 10.6. The maximum absolute atomic E-state index is 13.1. The topological polar surface area (TPSA) is 237 Å². The number of carbonyl (C=O) groups is 4. The second-order valence-corrected chi connectivity index (χ2v) is 28.8. The van der Waals surface area contributed by atoms with Crippen LogP contribution in [0.2, 0.25) is 0 Å². The number of hydrogen-bond donors (Lipinski definition) is 3. The molecule has 5 atom stereocenters. The van der Waals surface area contributed by atoms with Crippen molar-refractivity contribution in [2.45, 2.75) is 354 Å². The lowest BCUT2D eigenvalue weighted by atomic mass is 10.1. The molecular weight excluding hydrogens is 1280 g/mol. The largest absolute Gasteiger partial charge is 0.472 e. The van der Waals surface area contributed by atoms with E-state index >= 15 is 0 Å². The number of unbranched alkanes of at least 4 members (excludes halogenated alkanes) is 33. The molecule has 0 aliphatic rings. The van der Waals surface area contributed by atoms with Gasteiger partial charge in [0.2, 0.25) is 0 Å². The van der Waals surface area contributed by atoms with Gasteiger partial charge in [0, 0.05) is 25.7 Å². The Morgan fingerprint density at radius 2 is 0.510 bits per heavy atom. The lowest BCUT2D eigenvalue weighted by Crippen LogP contribution is -2.30. The Bertz CT molecular complexity index is 2190. The molecule has 0 aromatic heterocycles. The minimum absolute atomic E-state index is 0.0768. The van der Waals surface area contributed by atoms with Gasteiger partial charge >= 0.3 is 39.5 Å². The number of rotatable bonds is 73. The van der Waals surface area contributed by atoms with Crippen molar-refractivity contribution < 1.29 is 80.2 Å². The first-order valence-corrected chi connectivity index (χ1v) is 41.8. The molecular formula is C79H140O17P2. The molecule has 0 aliphatic heterocycles. The van der Waals surface area contributed by atoms with Crippen LogP contribution in [0.1, 0.15) is 336 Å². The maximum atomic E-state index is 13.1. The smallest absolute Gasteiger partial charge is 0.462 e. The molecule has 0 saturated carbocycles. The van der Waals surface area contributed by atoms with Crippen molar-refractivity contribution in [3.63, 3.8) is 0 Å². The van der Waals surface area contributed by atoms with E-state index in [-0.39, 0.29) is 25.7 Å². The van der Waals surface area contributed by atoms with Crippen molar-refractivity contribution in [2.75, 3.05) is 39.6 Å². The van der Waals surface area contributed by atoms with Crippen LogP contribution >= 0.6 is 15.6 Å². The van der Waals surface area contributed by atoms with Crippen LogP contribution in [0.15, 0.2) is 85.1 Å². The molecule has 0 aromatic rings. The zero-order chi connectivity index (χ0) is 71.8. The number of allylic oxidation sites excluding steroid dienone is 14. The van der Waals surface area contributed by atoms with Crippen LogP contribution in [-0.4, -0.2) is 96.7 Å². The predicted octanol–water partition coefficient (Wildman–Crippen LogP) is 22.2. The van der Waals surface area contributed by atoms with Gasteiger partial charge in [0.25, 0.3) is 0 Å². The van der Waals surface area contributed by atoms with E-state index in [1.807, 2.05) is 0 Å². The molecule has 0 saturated heterocycles. The van der Waals surface area contributed by atoms with E-state index in [1.165, 1.54) is 77.0 Å². The van der Waals surface area contributed by atoms with Gasteiger partial charge in [0.15, 0.2) is 12.2 Å². The lowest BCUT2D eigenvalue weighted by Gasteiger charge is -2.21. The highest BCUT2D eigenvalue weighted by molar-refractivity contribution is 7.47. The van der Waals surface area contributed by atoms with Gasteiger partial charge in [0.05, 0.1) is 26.4 Å². The van der Waals surface area contributed by atoms with Gasteiger partial charge < -0.3 is 33.8 Å². The van der Waals surface area contributed by atoms with Crippen LogP contribution in [0.5, 0.6) is 0 Å². The molecule has 0 aromatic carbocycles. The zero-order valence-corrected chi connectivity index (χ0v) is 63.7. The summed E-state index contributed by atoms with van der Waals surface area (Å²) in [6.45, 7) is 4.74. The summed E-state index contributed by atoms with van der Waals surface area (Å²) in [7, 11) is -9.95. The molecule has 0 radical (unpaired) electrons. The normalized spacial score (nSPS) is 14.4. The third-order valence-electron chi connectivity index (χ3n) is 16.3. The fraction of sp³-hybridized carbons (Fsp3) is 0.772. The molecule has 0 amide bonds. The SMILES string of the molecule is CCCC/C=C\CCCCCCCC(=O)OC(COC(=O)CCCCCCC/C=C\CCCCCC)COP(=O)(O)OCC(O)COP(=O)(O)OCC(COC(=O)CCCCCCCC/C=C\C/C=C\C/C=C\CCCCC)OC(=O)CCCCCCC/C=C\C/C=C\CCCCC. The Balaban J connectivity index is 5.33. The van der Waals surface area contributed by atoms with E-state index in [2.05, 4.69) is 113 Å². The summed E-state index contributed by atoms with van der Waals surface area (Å²) in [4.78, 5) is 72.8. The second kappa shape index (κ2) is 71.6. The van der Waals surface area contributed by atoms with Crippen molar-refractivity contribution in [3.8, 4) is 0 Å². The highest BCUT2D eigenvalue weighted by Crippen LogP contribution is 2.45. The van der Waals surface area contributed by atoms with Crippen molar-refractivity contribution in [3.05, 3.63) is 85.1 Å². The minimum atomic E-state index is -4.98. The van der Waals surface area contributed by atoms with Crippen LogP contribution in [0.4, 0.5) is 0 Å². The summed E-state index contributed by atoms with van der Waals surface area (Å²) >= 11 is 0. The summed E-state index contributed by atoms with van der Waals surface area (Å²) in [6, 6.07) is 0. The number of phosphoric acid groups is 2. The van der Waals surface area contributed by atoms with Gasteiger partial charge in [-0.3, -0.25) is 37.3 Å². The number of carbonyl (C=O) groups excluding carboxylic acids is 4. The van der Waals surface area contributed by atoms with Crippen molar-refractivity contribution in [1.29, 1.82) is 0 Å². The van der Waals surface area contributed by atoms with Crippen LogP contribution in [0, 0.1) is 0 Å². The number of ether oxygens (including phenoxy) is 4. The summed E-state index contributed by atoms with van der Waals surface area (Å²) in [5.41, 5.74) is 0. The van der Waals surface area contributed by atoms with Crippen molar-refractivity contribution in [1.82, 2.24) is 0 Å². The van der Waals surface area contributed by atoms with E-state index < -0.39 is 97.5 Å². The van der Waals surface area contributed by atoms with E-state index in [0.29, 0.717) is 25.7 Å². The van der Waals surface area contributed by atoms with Crippen molar-refractivity contribution in [2.24, 2.45) is 0 Å². The second-order valence-electron chi connectivity index (χ2n) is 25.9. The highest BCUT2D eigenvalue weighted by atomic mass is 31.2. The van der Waals surface area contributed by atoms with E-state index in [9.17, 15) is 43.2 Å². The fourth-order valence-electron chi connectivity index (χ4n) is 10.3. The molecule has 0 heterocycles. The first-order valence-electron chi connectivity index (χ1n) is 38.8. The number of phosphoric ester groups is 2. The van der Waals surface area contributed by atoms with Gasteiger partial charge in [0.1, 0.15) is 19.3 Å². The van der Waals surface area contributed by atoms with Crippen LogP contribution in [0.3, 0.4) is 0 Å². The maximum Gasteiger partial charge on any atom is 0.472 e. The molecule has 17 nitrogen and oxygen atoms in total. The first kappa shape index (κ1) is 94.2. The molecule has 5 unspecified atom stereocenters. The Kier molecular flexibility index (Phi) is 68.9. The molecule has 568 valence electrons. The molecule has 0 fully saturated rings. The highest BCUT2D eigenvalue weighted by Gasteiger charge is 2.30. The first-order chi connectivity index (χ1) is 47.7. The molecule has 0 spiro atoms. The van der Waals surface area contributed by atoms with Gasteiger partial charge in [-0.2, -0.15) is 0 Å². The molecule has 19 heteroatoms. The van der Waals surface area contributed by atoms with Crippen molar-refractivity contribution >= 4 is 39.5 Å². The van der Waals surface area contributed by atoms with Gasteiger partial charge in [-0.1, -0.05) is 254 Å². The van der Waals surface area contributed by atoms with Gasteiger partial charge in [-0.05, 0) is 141 Å². The third kappa shape index (κ3) is 70.7. The van der Waals surface area contributed by atoms with Gasteiger partial charge in [-0.25, -0.2) is 9.13 Å². The summed E-state index contributed by atoms with van der Waals surface area (Å²) in [6.07, 6.45) is 72.8. The van der Waals surface area contributed by atoms with E-state index in [4.69, 9.17) is 37.0 Å². The number of aliphatic hydroxyl groups is 1. The summed E-state index contributed by atoms with van der Waals surface area (Å²) < 4.78 is 68.4. The van der Waals surface area contributed by atoms with Crippen LogP contribution < -0.4 is 0 Å². The fourth-order valence-corrected chi connectivity index (χ4v) is 11.9. The lowest BCUT2D eigenvalue weighted by molar-refractivity contribution is -0.161. The third-order valence-corrected chi connectivity index (χ3v) is 18.2. The Hall–Kier alpha value is -3.76. The Morgan fingerprint density at radius 1 is 0.286 bits per heavy atom. The van der Waals surface area contributed by atoms with E-state index in [0.717, 1.165) is 180 Å². The monoisotopic (exact) mass is 1420 g/mol. The standard InChI is InChI=1S/C79H140O17P2/c1-5-9-13-17-21-25-29-32-34-35-36-37-39-41-45-48-52-56-60-64-77(82)90-70-75(96-79(84)66-62-58-54-50-46-42-38-33-30-26-22-18-14-10-6-2)72-94-98(87,88)92-68-73(80)67-91-97(85,86)93-71-74(95-78(83)65-61-57-53-49-43-28-24-20-16-12-8-4)69-89-76(81)63-59-55-51-47-44-40-31-27-23-19-15-11-7-3/h20-22,24-27,31-34,36-38,73-75,80H,5-19,23,28-30,35,39-72H2,1-4H3,(H,85,86)(H,87,88)/b24-20-,25-21-,26-22-,31-27-,34-32-,37-36-,38-33-. The quantitative estimate of drug-likeness (QED) is 0.0169. The van der Waals surface area contributed by atoms with Crippen LogP contribution in [-0.2, 0) is 65.4 Å². The number of esters is 4. The molecule has 0 bridgehead atoms. The summed E-state index contributed by atoms with van der Waals surface area (Å²) in [5.74, 6) is -2.21. The van der Waals surface area contributed by atoms with Crippen LogP contribution in [0.25, 0.3) is 0 Å². The molecule has 0 rings (SSSR count). The molecule has 0 aliphatic carbocycles. The molecule has 3 N–H and O–H groups in total. The average Bonchev–Trinajstić information content (AvgIpc) is 0.981.